The van der Waals surface area contributed by atoms with Crippen molar-refractivity contribution in [2.75, 3.05) is 0 Å². The summed E-state index contributed by atoms with van der Waals surface area (Å²) in [5, 5.41) is 8.86. The lowest BCUT2D eigenvalue weighted by molar-refractivity contribution is 0.948. The molecule has 6 heteroatoms. The molecule has 4 aromatic heterocycles. The molecule has 0 radical (unpaired) electrons. The molecule has 0 bridgehead atoms. The largest absolute Gasteiger partial charge is 0.336 e. The first-order chi connectivity index (χ1) is 10.7. The van der Waals surface area contributed by atoms with E-state index < -0.39 is 0 Å². The normalized spacial score (nSPS) is 11.2. The van der Waals surface area contributed by atoms with E-state index in [-0.39, 0.29) is 0 Å². The van der Waals surface area contributed by atoms with Gasteiger partial charge in [0, 0.05) is 36.6 Å². The third-order valence-electron chi connectivity index (χ3n) is 3.72. The molecule has 4 rings (SSSR count). The first-order valence-electron chi connectivity index (χ1n) is 6.96. The lowest BCUT2D eigenvalue weighted by Gasteiger charge is -2.11. The Morgan fingerprint density at radius 1 is 1.00 bits per heavy atom. The molecule has 4 aromatic rings. The molecule has 0 spiro atoms. The standard InChI is InChI=1S/C16H14N6/c1-11-7-14(16(18-8-11)22-9-19-20-10-22)12-3-5-17-15-13(12)4-6-21(15)2/h3-10H,1-2H3. The zero-order chi connectivity index (χ0) is 15.1. The Bertz CT molecular complexity index is 952. The van der Waals surface area contributed by atoms with Crippen LogP contribution in [0.3, 0.4) is 0 Å². The molecule has 0 saturated heterocycles. The monoisotopic (exact) mass is 290 g/mol. The van der Waals surface area contributed by atoms with Gasteiger partial charge in [0.1, 0.15) is 24.1 Å². The van der Waals surface area contributed by atoms with Gasteiger partial charge in [-0.05, 0) is 36.2 Å². The highest BCUT2D eigenvalue weighted by Crippen LogP contribution is 2.31. The summed E-state index contributed by atoms with van der Waals surface area (Å²) in [6, 6.07) is 6.23. The molecule has 0 amide bonds. The maximum absolute atomic E-state index is 4.57. The van der Waals surface area contributed by atoms with Gasteiger partial charge in [-0.2, -0.15) is 0 Å². The van der Waals surface area contributed by atoms with Gasteiger partial charge in [-0.3, -0.25) is 4.57 Å². The van der Waals surface area contributed by atoms with E-state index >= 15 is 0 Å². The van der Waals surface area contributed by atoms with Crippen molar-refractivity contribution in [1.82, 2.24) is 29.3 Å². The highest BCUT2D eigenvalue weighted by molar-refractivity contribution is 5.95. The van der Waals surface area contributed by atoms with Crippen molar-refractivity contribution in [2.45, 2.75) is 6.92 Å². The molecule has 0 atom stereocenters. The van der Waals surface area contributed by atoms with Crippen molar-refractivity contribution in [3.05, 3.63) is 55.0 Å². The van der Waals surface area contributed by atoms with Gasteiger partial charge in [-0.1, -0.05) is 0 Å². The molecule has 22 heavy (non-hydrogen) atoms. The predicted octanol–water partition coefficient (Wildman–Crippen LogP) is 2.52. The fraction of sp³-hybridized carbons (Fsp3) is 0.125. The number of nitrogens with zero attached hydrogens (tertiary/aromatic N) is 6. The molecule has 0 unspecified atom stereocenters. The van der Waals surface area contributed by atoms with Crippen LogP contribution in [-0.4, -0.2) is 29.3 Å². The van der Waals surface area contributed by atoms with Crippen molar-refractivity contribution in [3.8, 4) is 16.9 Å². The van der Waals surface area contributed by atoms with Crippen LogP contribution in [0.2, 0.25) is 0 Å². The summed E-state index contributed by atoms with van der Waals surface area (Å²) in [5.41, 5.74) is 4.20. The van der Waals surface area contributed by atoms with E-state index in [0.29, 0.717) is 0 Å². The van der Waals surface area contributed by atoms with Gasteiger partial charge < -0.3 is 4.57 Å². The van der Waals surface area contributed by atoms with Crippen molar-refractivity contribution < 1.29 is 0 Å². The number of aromatic nitrogens is 6. The lowest BCUT2D eigenvalue weighted by atomic mass is 10.0. The van der Waals surface area contributed by atoms with Crippen molar-refractivity contribution >= 4 is 11.0 Å². The van der Waals surface area contributed by atoms with E-state index in [1.165, 1.54) is 0 Å². The molecule has 6 nitrogen and oxygen atoms in total. The summed E-state index contributed by atoms with van der Waals surface area (Å²) < 4.78 is 3.84. The Kier molecular flexibility index (Phi) is 2.75. The highest BCUT2D eigenvalue weighted by Gasteiger charge is 2.13. The van der Waals surface area contributed by atoms with Crippen LogP contribution < -0.4 is 0 Å². The van der Waals surface area contributed by atoms with Gasteiger partial charge in [-0.15, -0.1) is 10.2 Å². The van der Waals surface area contributed by atoms with Crippen LogP contribution in [0.1, 0.15) is 5.56 Å². The summed E-state index contributed by atoms with van der Waals surface area (Å²) >= 11 is 0. The third-order valence-corrected chi connectivity index (χ3v) is 3.72. The number of aryl methyl sites for hydroxylation is 2. The first-order valence-corrected chi connectivity index (χ1v) is 6.96. The SMILES string of the molecule is Cc1cnc(-n2cnnc2)c(-c2ccnc3c2ccn3C)c1. The minimum Gasteiger partial charge on any atom is -0.336 e. The Morgan fingerprint density at radius 2 is 1.82 bits per heavy atom. The molecular weight excluding hydrogens is 276 g/mol. The molecule has 108 valence electrons. The molecular formula is C16H14N6. The fourth-order valence-electron chi connectivity index (χ4n) is 2.68. The van der Waals surface area contributed by atoms with E-state index in [4.69, 9.17) is 0 Å². The van der Waals surface area contributed by atoms with E-state index in [0.717, 1.165) is 33.5 Å². The van der Waals surface area contributed by atoms with Gasteiger partial charge in [0.15, 0.2) is 0 Å². The molecule has 0 aromatic carbocycles. The predicted molar refractivity (Wildman–Crippen MR) is 83.6 cm³/mol. The third kappa shape index (κ3) is 1.88. The summed E-state index contributed by atoms with van der Waals surface area (Å²) in [7, 11) is 1.99. The van der Waals surface area contributed by atoms with Crippen LogP contribution in [0.15, 0.2) is 49.4 Å². The molecule has 0 aliphatic heterocycles. The quantitative estimate of drug-likeness (QED) is 0.569. The van der Waals surface area contributed by atoms with Gasteiger partial charge in [0.25, 0.3) is 0 Å². The van der Waals surface area contributed by atoms with Gasteiger partial charge in [0.2, 0.25) is 0 Å². The second-order valence-corrected chi connectivity index (χ2v) is 5.28. The Balaban J connectivity index is 2.04. The van der Waals surface area contributed by atoms with Crippen LogP contribution in [0.25, 0.3) is 28.0 Å². The van der Waals surface area contributed by atoms with Crippen LogP contribution in [0.5, 0.6) is 0 Å². The Labute approximate surface area is 127 Å². The van der Waals surface area contributed by atoms with E-state index in [1.807, 2.05) is 47.8 Å². The number of pyridine rings is 2. The second-order valence-electron chi connectivity index (χ2n) is 5.28. The minimum absolute atomic E-state index is 0.812. The van der Waals surface area contributed by atoms with Crippen LogP contribution in [0.4, 0.5) is 0 Å². The molecule has 0 saturated carbocycles. The maximum Gasteiger partial charge on any atom is 0.147 e. The molecule has 4 heterocycles. The topological polar surface area (TPSA) is 61.4 Å². The maximum atomic E-state index is 4.57. The number of hydrogen-bond donors (Lipinski definition) is 0. The summed E-state index contributed by atoms with van der Waals surface area (Å²) in [6.45, 7) is 2.04. The van der Waals surface area contributed by atoms with Crippen LogP contribution in [0, 0.1) is 6.92 Å². The molecule has 0 N–H and O–H groups in total. The Morgan fingerprint density at radius 3 is 2.64 bits per heavy atom. The second kappa shape index (κ2) is 4.77. The van der Waals surface area contributed by atoms with E-state index in [1.54, 1.807) is 12.7 Å². The molecule has 0 fully saturated rings. The number of rotatable bonds is 2. The smallest absolute Gasteiger partial charge is 0.147 e. The summed E-state index contributed by atoms with van der Waals surface area (Å²) in [6.07, 6.45) is 9.01. The average molecular weight is 290 g/mol. The molecule has 0 aliphatic rings. The molecule has 0 aliphatic carbocycles. The zero-order valence-electron chi connectivity index (χ0n) is 12.3. The zero-order valence-corrected chi connectivity index (χ0v) is 12.3. The van der Waals surface area contributed by atoms with Crippen molar-refractivity contribution in [3.63, 3.8) is 0 Å². The van der Waals surface area contributed by atoms with Crippen LogP contribution >= 0.6 is 0 Å². The van der Waals surface area contributed by atoms with E-state index in [9.17, 15) is 0 Å². The van der Waals surface area contributed by atoms with Gasteiger partial charge >= 0.3 is 0 Å². The minimum atomic E-state index is 0.812. The van der Waals surface area contributed by atoms with E-state index in [2.05, 4.69) is 32.3 Å². The van der Waals surface area contributed by atoms with Gasteiger partial charge in [-0.25, -0.2) is 9.97 Å². The van der Waals surface area contributed by atoms with Crippen molar-refractivity contribution in [1.29, 1.82) is 0 Å². The summed E-state index contributed by atoms with van der Waals surface area (Å²) in [4.78, 5) is 9.02. The van der Waals surface area contributed by atoms with Crippen LogP contribution in [-0.2, 0) is 7.05 Å². The van der Waals surface area contributed by atoms with Crippen molar-refractivity contribution in [2.24, 2.45) is 7.05 Å². The number of hydrogen-bond acceptors (Lipinski definition) is 4. The fourth-order valence-corrected chi connectivity index (χ4v) is 2.68. The van der Waals surface area contributed by atoms with Gasteiger partial charge in [0.05, 0.1) is 0 Å². The highest BCUT2D eigenvalue weighted by atomic mass is 15.2. The average Bonchev–Trinajstić information content (AvgIpc) is 3.17. The lowest BCUT2D eigenvalue weighted by Crippen LogP contribution is -1.99. The summed E-state index contributed by atoms with van der Waals surface area (Å²) in [5.74, 6) is 0.812. The Hall–Kier alpha value is -3.02. The number of fused-ring (bicyclic) bond motifs is 1. The first kappa shape index (κ1) is 12.7.